The molecule has 1 heterocycles. The summed E-state index contributed by atoms with van der Waals surface area (Å²) in [5.74, 6) is -1.82. The molecule has 3 fully saturated rings. The average molecular weight is 267 g/mol. The molecule has 2 aliphatic carbocycles. The van der Waals surface area contributed by atoms with Crippen molar-refractivity contribution in [2.75, 3.05) is 13.1 Å². The minimum Gasteiger partial charge on any atom is -0.481 e. The fraction of sp³-hybridized carbons (Fsp3) is 0.857. The van der Waals surface area contributed by atoms with E-state index in [0.717, 1.165) is 18.4 Å². The molecule has 19 heavy (non-hydrogen) atoms. The molecule has 1 aliphatic heterocycles. The van der Waals surface area contributed by atoms with Gasteiger partial charge in [-0.05, 0) is 44.1 Å². The summed E-state index contributed by atoms with van der Waals surface area (Å²) >= 11 is 0. The van der Waals surface area contributed by atoms with Crippen molar-refractivity contribution in [2.24, 2.45) is 23.7 Å². The number of piperidine rings is 1. The number of hydrogen-bond acceptors (Lipinski definition) is 3. The van der Waals surface area contributed by atoms with E-state index >= 15 is 0 Å². The summed E-state index contributed by atoms with van der Waals surface area (Å²) in [6, 6.07) is 0.510. The molecule has 3 aliphatic rings. The van der Waals surface area contributed by atoms with Gasteiger partial charge in [-0.25, -0.2) is 0 Å². The fourth-order valence-electron chi connectivity index (χ4n) is 4.48. The number of carboxylic acids is 2. The Kier molecular flexibility index (Phi) is 3.25. The topological polar surface area (TPSA) is 77.8 Å². The van der Waals surface area contributed by atoms with E-state index in [1.165, 1.54) is 25.7 Å². The average Bonchev–Trinajstić information content (AvgIpc) is 3.00. The quantitative estimate of drug-likeness (QED) is 0.805. The molecule has 0 aromatic rings. The van der Waals surface area contributed by atoms with Crippen LogP contribution in [0.15, 0.2) is 0 Å². The molecular weight excluding hydrogens is 246 g/mol. The SMILES string of the molecule is O=C(O)C1CCN(C2CC3CCC2C3)CC1C(=O)O. The van der Waals surface area contributed by atoms with E-state index in [1.54, 1.807) is 0 Å². The maximum Gasteiger partial charge on any atom is 0.308 e. The van der Waals surface area contributed by atoms with Crippen LogP contribution in [0.25, 0.3) is 0 Å². The van der Waals surface area contributed by atoms with Crippen LogP contribution in [-0.2, 0) is 9.59 Å². The van der Waals surface area contributed by atoms with Crippen molar-refractivity contribution in [1.29, 1.82) is 0 Å². The second-order valence-electron chi connectivity index (χ2n) is 6.42. The molecule has 5 nitrogen and oxygen atoms in total. The van der Waals surface area contributed by atoms with Gasteiger partial charge in [0, 0.05) is 12.6 Å². The number of fused-ring (bicyclic) bond motifs is 2. The first-order valence-corrected chi connectivity index (χ1v) is 7.26. The molecule has 1 saturated heterocycles. The number of carboxylic acid groups (broad SMARTS) is 2. The zero-order valence-electron chi connectivity index (χ0n) is 11.0. The first kappa shape index (κ1) is 12.9. The van der Waals surface area contributed by atoms with Crippen molar-refractivity contribution < 1.29 is 19.8 Å². The van der Waals surface area contributed by atoms with Gasteiger partial charge < -0.3 is 10.2 Å². The van der Waals surface area contributed by atoms with Gasteiger partial charge in [0.15, 0.2) is 0 Å². The first-order chi connectivity index (χ1) is 9.06. The van der Waals surface area contributed by atoms with Crippen molar-refractivity contribution in [3.05, 3.63) is 0 Å². The number of likely N-dealkylation sites (tertiary alicyclic amines) is 1. The monoisotopic (exact) mass is 267 g/mol. The van der Waals surface area contributed by atoms with Gasteiger partial charge >= 0.3 is 11.9 Å². The van der Waals surface area contributed by atoms with Crippen molar-refractivity contribution in [1.82, 2.24) is 4.90 Å². The Balaban J connectivity index is 1.69. The van der Waals surface area contributed by atoms with Crippen molar-refractivity contribution >= 4 is 11.9 Å². The van der Waals surface area contributed by atoms with E-state index in [9.17, 15) is 14.7 Å². The number of nitrogens with zero attached hydrogens (tertiary/aromatic N) is 1. The van der Waals surface area contributed by atoms with E-state index in [0.29, 0.717) is 19.0 Å². The summed E-state index contributed by atoms with van der Waals surface area (Å²) in [7, 11) is 0. The highest BCUT2D eigenvalue weighted by molar-refractivity contribution is 5.80. The van der Waals surface area contributed by atoms with Crippen molar-refractivity contribution in [3.63, 3.8) is 0 Å². The van der Waals surface area contributed by atoms with Gasteiger partial charge in [0.25, 0.3) is 0 Å². The van der Waals surface area contributed by atoms with Crippen LogP contribution < -0.4 is 0 Å². The van der Waals surface area contributed by atoms with Gasteiger partial charge in [0.05, 0.1) is 11.8 Å². The molecule has 0 amide bonds. The van der Waals surface area contributed by atoms with Gasteiger partial charge in [0.2, 0.25) is 0 Å². The number of hydrogen-bond donors (Lipinski definition) is 2. The molecule has 0 aromatic carbocycles. The van der Waals surface area contributed by atoms with Crippen LogP contribution in [0.2, 0.25) is 0 Å². The van der Waals surface area contributed by atoms with E-state index in [1.807, 2.05) is 0 Å². The number of aliphatic carboxylic acids is 2. The Bertz CT molecular complexity index is 397. The third kappa shape index (κ3) is 2.24. The lowest BCUT2D eigenvalue weighted by Gasteiger charge is -2.41. The van der Waals surface area contributed by atoms with Crippen molar-refractivity contribution in [2.45, 2.75) is 38.1 Å². The predicted octanol–water partition coefficient (Wildman–Crippen LogP) is 1.28. The molecule has 0 spiro atoms. The minimum atomic E-state index is -0.958. The summed E-state index contributed by atoms with van der Waals surface area (Å²) < 4.78 is 0. The van der Waals surface area contributed by atoms with Crippen LogP contribution in [-0.4, -0.2) is 46.2 Å². The van der Waals surface area contributed by atoms with Crippen LogP contribution in [0.4, 0.5) is 0 Å². The standard InChI is InChI=1S/C14H21NO4/c16-13(17)10-3-4-15(7-11(10)14(18)19)12-6-8-1-2-9(12)5-8/h8-12H,1-7H2,(H,16,17)(H,18,19). The summed E-state index contributed by atoms with van der Waals surface area (Å²) in [6.45, 7) is 1.16. The Morgan fingerprint density at radius 1 is 0.947 bits per heavy atom. The zero-order valence-corrected chi connectivity index (χ0v) is 11.0. The predicted molar refractivity (Wildman–Crippen MR) is 67.7 cm³/mol. The summed E-state index contributed by atoms with van der Waals surface area (Å²) in [4.78, 5) is 24.7. The molecule has 5 atom stereocenters. The third-order valence-electron chi connectivity index (χ3n) is 5.45. The van der Waals surface area contributed by atoms with Crippen LogP contribution in [0.3, 0.4) is 0 Å². The number of carbonyl (C=O) groups is 2. The summed E-state index contributed by atoms with van der Waals surface area (Å²) in [5.41, 5.74) is 0. The van der Waals surface area contributed by atoms with E-state index in [-0.39, 0.29) is 0 Å². The van der Waals surface area contributed by atoms with Gasteiger partial charge in [-0.2, -0.15) is 0 Å². The van der Waals surface area contributed by atoms with Gasteiger partial charge in [0.1, 0.15) is 0 Å². The molecule has 5 unspecified atom stereocenters. The molecule has 5 heteroatoms. The molecule has 3 rings (SSSR count). The van der Waals surface area contributed by atoms with Crippen LogP contribution in [0, 0.1) is 23.7 Å². The fourth-order valence-corrected chi connectivity index (χ4v) is 4.48. The Labute approximate surface area is 112 Å². The lowest BCUT2D eigenvalue weighted by molar-refractivity contribution is -0.158. The molecule has 106 valence electrons. The highest BCUT2D eigenvalue weighted by Gasteiger charge is 2.46. The molecular formula is C14H21NO4. The largest absolute Gasteiger partial charge is 0.481 e. The normalized spacial score (nSPS) is 42.4. The highest BCUT2D eigenvalue weighted by atomic mass is 16.4. The van der Waals surface area contributed by atoms with E-state index in [4.69, 9.17) is 5.11 Å². The second kappa shape index (κ2) is 4.78. The van der Waals surface area contributed by atoms with Crippen LogP contribution in [0.1, 0.15) is 32.1 Å². The van der Waals surface area contributed by atoms with Crippen molar-refractivity contribution in [3.8, 4) is 0 Å². The maximum absolute atomic E-state index is 11.3. The first-order valence-electron chi connectivity index (χ1n) is 7.26. The van der Waals surface area contributed by atoms with E-state index < -0.39 is 23.8 Å². The molecule has 2 bridgehead atoms. The smallest absolute Gasteiger partial charge is 0.308 e. The van der Waals surface area contributed by atoms with Gasteiger partial charge in [-0.3, -0.25) is 14.5 Å². The molecule has 0 aromatic heterocycles. The second-order valence-corrected chi connectivity index (χ2v) is 6.42. The van der Waals surface area contributed by atoms with Crippen LogP contribution >= 0.6 is 0 Å². The molecule has 2 N–H and O–H groups in total. The lowest BCUT2D eigenvalue weighted by atomic mass is 9.83. The Morgan fingerprint density at radius 2 is 1.68 bits per heavy atom. The maximum atomic E-state index is 11.3. The van der Waals surface area contributed by atoms with Crippen LogP contribution in [0.5, 0.6) is 0 Å². The molecule has 0 radical (unpaired) electrons. The van der Waals surface area contributed by atoms with Gasteiger partial charge in [-0.1, -0.05) is 6.42 Å². The lowest BCUT2D eigenvalue weighted by Crippen LogP contribution is -2.51. The molecule has 2 saturated carbocycles. The van der Waals surface area contributed by atoms with E-state index in [2.05, 4.69) is 4.90 Å². The summed E-state index contributed by atoms with van der Waals surface area (Å²) in [6.07, 6.45) is 5.55. The number of rotatable bonds is 3. The third-order valence-corrected chi connectivity index (χ3v) is 5.45. The Morgan fingerprint density at radius 3 is 2.21 bits per heavy atom. The van der Waals surface area contributed by atoms with Gasteiger partial charge in [-0.15, -0.1) is 0 Å². The minimum absolute atomic E-state index is 0.417. The Hall–Kier alpha value is -1.10. The summed E-state index contributed by atoms with van der Waals surface area (Å²) in [5, 5.41) is 18.4. The highest BCUT2D eigenvalue weighted by Crippen LogP contribution is 2.47. The zero-order chi connectivity index (χ0) is 13.6.